The number of amides is 4. The van der Waals surface area contributed by atoms with Crippen LogP contribution in [0.5, 0.6) is 0 Å². The van der Waals surface area contributed by atoms with Gasteiger partial charge >= 0.3 is 12.1 Å². The van der Waals surface area contributed by atoms with Gasteiger partial charge in [-0.1, -0.05) is 13.8 Å². The van der Waals surface area contributed by atoms with E-state index >= 15 is 0 Å². The lowest BCUT2D eigenvalue weighted by atomic mass is 10.2. The minimum Gasteiger partial charge on any atom is -0.444 e. The van der Waals surface area contributed by atoms with Gasteiger partial charge in [-0.2, -0.15) is 0 Å². The van der Waals surface area contributed by atoms with Gasteiger partial charge in [0, 0.05) is 37.6 Å². The van der Waals surface area contributed by atoms with E-state index < -0.39 is 12.1 Å². The highest BCUT2D eigenvalue weighted by atomic mass is 32.1. The molecule has 0 bridgehead atoms. The fourth-order valence-corrected chi connectivity index (χ4v) is 4.40. The first-order valence-electron chi connectivity index (χ1n) is 12.0. The van der Waals surface area contributed by atoms with Crippen LogP contribution in [0.25, 0.3) is 0 Å². The molecule has 2 rings (SSSR count). The van der Waals surface area contributed by atoms with Gasteiger partial charge in [-0.05, 0) is 32.9 Å². The largest absolute Gasteiger partial charge is 0.444 e. The highest BCUT2D eigenvalue weighted by molar-refractivity contribution is 7.09. The van der Waals surface area contributed by atoms with Crippen molar-refractivity contribution in [1.82, 2.24) is 36.1 Å². The summed E-state index contributed by atoms with van der Waals surface area (Å²) in [5.41, 5.74) is 2.52. The number of nitrogens with one attached hydrogen (secondary N) is 4. The van der Waals surface area contributed by atoms with Crippen molar-refractivity contribution >= 4 is 40.7 Å². The first-order valence-corrected chi connectivity index (χ1v) is 13.7. The molecule has 4 N–H and O–H groups in total. The summed E-state index contributed by atoms with van der Waals surface area (Å²) in [4.78, 5) is 48.0. The Balaban J connectivity index is 1.68. The maximum atomic E-state index is 12.7. The Hall–Kier alpha value is -2.77. The molecule has 200 valence electrons. The van der Waals surface area contributed by atoms with Crippen molar-refractivity contribution < 1.29 is 19.1 Å². The van der Waals surface area contributed by atoms with Crippen LogP contribution >= 0.6 is 22.7 Å². The third kappa shape index (κ3) is 10.9. The lowest BCUT2D eigenvalue weighted by Crippen LogP contribution is -2.51. The van der Waals surface area contributed by atoms with Crippen LogP contribution in [-0.4, -0.2) is 72.7 Å². The van der Waals surface area contributed by atoms with Crippen molar-refractivity contribution in [2.24, 2.45) is 0 Å². The van der Waals surface area contributed by atoms with Gasteiger partial charge in [0.15, 0.2) is 0 Å². The van der Waals surface area contributed by atoms with Gasteiger partial charge in [0.25, 0.3) is 0 Å². The van der Waals surface area contributed by atoms with Crippen LogP contribution < -0.4 is 21.3 Å². The van der Waals surface area contributed by atoms with Crippen LogP contribution in [0.1, 0.15) is 54.6 Å². The first kappa shape index (κ1) is 29.5. The van der Waals surface area contributed by atoms with Crippen LogP contribution in [0.3, 0.4) is 0 Å². The van der Waals surface area contributed by atoms with Crippen molar-refractivity contribution in [2.45, 2.75) is 58.2 Å². The number of urea groups is 1. The third-order valence-electron chi connectivity index (χ3n) is 5.11. The van der Waals surface area contributed by atoms with E-state index in [1.807, 2.05) is 5.38 Å². The number of unbranched alkanes of at least 4 members (excludes halogenated alkanes) is 1. The van der Waals surface area contributed by atoms with Gasteiger partial charge < -0.3 is 30.9 Å². The normalized spacial score (nSPS) is 11.7. The summed E-state index contributed by atoms with van der Waals surface area (Å²) in [6, 6.07) is -0.986. The highest BCUT2D eigenvalue weighted by Gasteiger charge is 2.22. The summed E-state index contributed by atoms with van der Waals surface area (Å²) in [6.45, 7) is 6.20. The number of nitrogens with zero attached hydrogens (tertiary/aromatic N) is 3. The zero-order chi connectivity index (χ0) is 26.3. The molecule has 0 saturated heterocycles. The molecule has 36 heavy (non-hydrogen) atoms. The number of ether oxygens (including phenoxy) is 1. The zero-order valence-corrected chi connectivity index (χ0v) is 23.0. The van der Waals surface area contributed by atoms with Crippen molar-refractivity contribution in [3.63, 3.8) is 0 Å². The van der Waals surface area contributed by atoms with Gasteiger partial charge in [0.1, 0.15) is 12.6 Å². The van der Waals surface area contributed by atoms with Crippen molar-refractivity contribution in [2.75, 3.05) is 33.7 Å². The molecule has 1 atom stereocenters. The lowest BCUT2D eigenvalue weighted by Gasteiger charge is -2.23. The number of thiazole rings is 2. The quantitative estimate of drug-likeness (QED) is 0.255. The molecular weight excluding hydrogens is 502 g/mol. The third-order valence-corrected chi connectivity index (χ3v) is 7.05. The molecule has 0 fully saturated rings. The molecular formula is C23H37N7O4S2. The molecule has 0 saturated carbocycles. The van der Waals surface area contributed by atoms with E-state index in [0.717, 1.165) is 15.6 Å². The van der Waals surface area contributed by atoms with Crippen molar-refractivity contribution in [3.05, 3.63) is 32.7 Å². The summed E-state index contributed by atoms with van der Waals surface area (Å²) < 4.78 is 5.10. The van der Waals surface area contributed by atoms with E-state index in [9.17, 15) is 14.4 Å². The maximum absolute atomic E-state index is 12.7. The van der Waals surface area contributed by atoms with Gasteiger partial charge in [0.2, 0.25) is 5.91 Å². The van der Waals surface area contributed by atoms with E-state index in [1.165, 1.54) is 16.2 Å². The summed E-state index contributed by atoms with van der Waals surface area (Å²) >= 11 is 3.01. The SMILES string of the molecule is CNCCC(NC(=O)N(C)Cc1csc(C(C)C)n1)C(=O)NCCCCNC(=O)OCc1cncs1. The molecule has 4 amide bonds. The number of rotatable bonds is 15. The highest BCUT2D eigenvalue weighted by Crippen LogP contribution is 2.19. The second kappa shape index (κ2) is 16.1. The molecule has 0 spiro atoms. The van der Waals surface area contributed by atoms with Crippen LogP contribution in [-0.2, 0) is 22.7 Å². The Kier molecular flexibility index (Phi) is 13.1. The Morgan fingerprint density at radius 3 is 2.50 bits per heavy atom. The summed E-state index contributed by atoms with van der Waals surface area (Å²) in [7, 11) is 3.49. The summed E-state index contributed by atoms with van der Waals surface area (Å²) in [5, 5.41) is 14.4. The molecule has 0 aliphatic rings. The molecule has 0 aliphatic carbocycles. The van der Waals surface area contributed by atoms with Gasteiger partial charge in [0.05, 0.1) is 27.6 Å². The number of hydrogen-bond donors (Lipinski definition) is 4. The van der Waals surface area contributed by atoms with Crippen LogP contribution in [0.4, 0.5) is 9.59 Å². The molecule has 0 aliphatic heterocycles. The Morgan fingerprint density at radius 1 is 1.11 bits per heavy atom. The Bertz CT molecular complexity index is 937. The summed E-state index contributed by atoms with van der Waals surface area (Å²) in [5.74, 6) is 0.107. The minimum atomic E-state index is -0.658. The van der Waals surface area contributed by atoms with E-state index in [2.05, 4.69) is 45.1 Å². The molecule has 0 aromatic carbocycles. The number of alkyl carbamates (subject to hydrolysis) is 1. The van der Waals surface area contributed by atoms with Crippen molar-refractivity contribution in [1.29, 1.82) is 0 Å². The molecule has 2 aromatic heterocycles. The second-order valence-electron chi connectivity index (χ2n) is 8.55. The first-order chi connectivity index (χ1) is 17.3. The van der Waals surface area contributed by atoms with E-state index in [4.69, 9.17) is 4.74 Å². The van der Waals surface area contributed by atoms with Crippen molar-refractivity contribution in [3.8, 4) is 0 Å². The Morgan fingerprint density at radius 2 is 1.86 bits per heavy atom. The molecule has 0 radical (unpaired) electrons. The molecule has 2 heterocycles. The fraction of sp³-hybridized carbons (Fsp3) is 0.609. The molecule has 2 aromatic rings. The van der Waals surface area contributed by atoms with Gasteiger partial charge in [-0.15, -0.1) is 22.7 Å². The minimum absolute atomic E-state index is 0.199. The standard InChI is InChI=1S/C23H37N7O4S2/c1-16(2)21-28-17(14-35-21)12-30(4)22(32)29-19(7-10-24-3)20(31)26-8-5-6-9-27-23(33)34-13-18-11-25-15-36-18/h11,14-16,19,24H,5-10,12-13H2,1-4H3,(H,26,31)(H,27,33)(H,29,32). The second-order valence-corrected chi connectivity index (χ2v) is 10.4. The fourth-order valence-electron chi connectivity index (χ4n) is 3.07. The van der Waals surface area contributed by atoms with Gasteiger partial charge in [-0.25, -0.2) is 14.6 Å². The average molecular weight is 540 g/mol. The monoisotopic (exact) mass is 539 g/mol. The molecule has 11 nitrogen and oxygen atoms in total. The van der Waals surface area contributed by atoms with Gasteiger partial charge in [-0.3, -0.25) is 9.78 Å². The van der Waals surface area contributed by atoms with Crippen LogP contribution in [0.15, 0.2) is 17.1 Å². The topological polar surface area (TPSA) is 138 Å². The van der Waals surface area contributed by atoms with Crippen LogP contribution in [0.2, 0.25) is 0 Å². The number of hydrogen-bond acceptors (Lipinski definition) is 9. The van der Waals surface area contributed by atoms with Crippen LogP contribution in [0, 0.1) is 0 Å². The van der Waals surface area contributed by atoms with E-state index in [1.54, 1.807) is 37.1 Å². The predicted molar refractivity (Wildman–Crippen MR) is 141 cm³/mol. The maximum Gasteiger partial charge on any atom is 0.407 e. The average Bonchev–Trinajstić information content (AvgIpc) is 3.54. The predicted octanol–water partition coefficient (Wildman–Crippen LogP) is 2.67. The number of aromatic nitrogens is 2. The molecule has 1 unspecified atom stereocenters. The smallest absolute Gasteiger partial charge is 0.407 e. The van der Waals surface area contributed by atoms with E-state index in [-0.39, 0.29) is 18.5 Å². The number of carbonyl (C=O) groups is 3. The van der Waals surface area contributed by atoms with E-state index in [0.29, 0.717) is 51.4 Å². The molecule has 13 heteroatoms. The summed E-state index contributed by atoms with van der Waals surface area (Å²) in [6.07, 6.45) is 3.00. The lowest BCUT2D eigenvalue weighted by molar-refractivity contribution is -0.123. The zero-order valence-electron chi connectivity index (χ0n) is 21.3. The Labute approximate surface area is 220 Å². The number of carbonyl (C=O) groups excluding carboxylic acids is 3.